The molecule has 1 fully saturated rings. The number of nitriles is 1. The van der Waals surface area contributed by atoms with Gasteiger partial charge in [-0.05, 0) is 39.8 Å². The summed E-state index contributed by atoms with van der Waals surface area (Å²) >= 11 is 0. The Balaban J connectivity index is 2.31. The zero-order valence-electron chi connectivity index (χ0n) is 14.4. The lowest BCUT2D eigenvalue weighted by atomic mass is 10.1. The quantitative estimate of drug-likeness (QED) is 0.898. The van der Waals surface area contributed by atoms with Gasteiger partial charge in [-0.2, -0.15) is 5.26 Å². The number of benzene rings is 1. The molecule has 0 spiro atoms. The number of hydrogen-bond donors (Lipinski definition) is 1. The molecule has 0 saturated carbocycles. The minimum absolute atomic E-state index is 0.0167. The number of rotatable bonds is 2. The van der Waals surface area contributed by atoms with Gasteiger partial charge >= 0.3 is 6.09 Å². The molecule has 1 heterocycles. The third-order valence-corrected chi connectivity index (χ3v) is 3.52. The Morgan fingerprint density at radius 3 is 2.79 bits per heavy atom. The lowest BCUT2D eigenvalue weighted by Gasteiger charge is -2.36. The number of anilines is 2. The van der Waals surface area contributed by atoms with E-state index >= 15 is 0 Å². The van der Waals surface area contributed by atoms with Crippen molar-refractivity contribution < 1.29 is 18.7 Å². The van der Waals surface area contributed by atoms with Gasteiger partial charge in [0.2, 0.25) is 0 Å². The second-order valence-corrected chi connectivity index (χ2v) is 6.71. The van der Waals surface area contributed by atoms with Crippen LogP contribution in [0.3, 0.4) is 0 Å². The smallest absolute Gasteiger partial charge is 0.412 e. The Hall–Kier alpha value is -2.33. The first kappa shape index (κ1) is 18.0. The van der Waals surface area contributed by atoms with Crippen molar-refractivity contribution in [1.82, 2.24) is 0 Å². The number of carbonyl (C=O) groups excluding carboxylic acids is 1. The minimum Gasteiger partial charge on any atom is -0.444 e. The van der Waals surface area contributed by atoms with Gasteiger partial charge < -0.3 is 14.4 Å². The summed E-state index contributed by atoms with van der Waals surface area (Å²) in [6, 6.07) is 4.65. The fourth-order valence-corrected chi connectivity index (χ4v) is 2.48. The van der Waals surface area contributed by atoms with Crippen LogP contribution in [0.4, 0.5) is 20.6 Å². The number of carbonyl (C=O) groups is 1. The molecule has 130 valence electrons. The lowest BCUT2D eigenvalue weighted by Crippen LogP contribution is -2.44. The third-order valence-electron chi connectivity index (χ3n) is 3.52. The molecule has 1 aliphatic rings. The van der Waals surface area contributed by atoms with E-state index in [-0.39, 0.29) is 17.3 Å². The van der Waals surface area contributed by atoms with E-state index in [2.05, 4.69) is 5.32 Å². The van der Waals surface area contributed by atoms with Gasteiger partial charge in [0.05, 0.1) is 30.2 Å². The second-order valence-electron chi connectivity index (χ2n) is 6.71. The number of nitrogens with zero attached hydrogens (tertiary/aromatic N) is 2. The van der Waals surface area contributed by atoms with Crippen molar-refractivity contribution in [2.45, 2.75) is 39.3 Å². The number of nitrogens with one attached hydrogen (secondary N) is 1. The highest BCUT2D eigenvalue weighted by molar-refractivity contribution is 5.86. The number of morpholine rings is 1. The summed E-state index contributed by atoms with van der Waals surface area (Å²) in [5.41, 5.74) is 0.0861. The molecule has 1 atom stereocenters. The average molecular weight is 335 g/mol. The van der Waals surface area contributed by atoms with Gasteiger partial charge in [0.1, 0.15) is 17.5 Å². The maximum atomic E-state index is 14.2. The van der Waals surface area contributed by atoms with E-state index in [1.165, 1.54) is 6.07 Å². The van der Waals surface area contributed by atoms with Gasteiger partial charge in [0.25, 0.3) is 0 Å². The summed E-state index contributed by atoms with van der Waals surface area (Å²) in [5.74, 6) is -0.679. The molecule has 6 nitrogen and oxygen atoms in total. The number of hydrogen-bond acceptors (Lipinski definition) is 5. The van der Waals surface area contributed by atoms with Crippen molar-refractivity contribution >= 4 is 17.5 Å². The van der Waals surface area contributed by atoms with Crippen molar-refractivity contribution in [3.8, 4) is 6.07 Å². The Morgan fingerprint density at radius 2 is 2.21 bits per heavy atom. The molecule has 1 N–H and O–H groups in total. The molecule has 0 aromatic heterocycles. The van der Waals surface area contributed by atoms with Gasteiger partial charge in [-0.15, -0.1) is 0 Å². The standard InChI is InChI=1S/C17H22FN3O3/c1-11-10-23-6-5-21(11)15-8-14(13(18)7-12(15)9-19)20-16(22)24-17(2,3)4/h7-8,11H,5-6,10H2,1-4H3,(H,20,22)/t11-/m0/s1. The van der Waals surface area contributed by atoms with Gasteiger partial charge in [-0.1, -0.05) is 0 Å². The van der Waals surface area contributed by atoms with Gasteiger partial charge in [0.15, 0.2) is 0 Å². The highest BCUT2D eigenvalue weighted by Crippen LogP contribution is 2.30. The molecule has 2 rings (SSSR count). The van der Waals surface area contributed by atoms with E-state index in [9.17, 15) is 14.4 Å². The normalized spacial score (nSPS) is 18.0. The highest BCUT2D eigenvalue weighted by atomic mass is 19.1. The minimum atomic E-state index is -0.743. The molecule has 1 aliphatic heterocycles. The van der Waals surface area contributed by atoms with E-state index in [0.717, 1.165) is 6.07 Å². The number of halogens is 1. The predicted octanol–water partition coefficient (Wildman–Crippen LogP) is 3.27. The van der Waals surface area contributed by atoms with Gasteiger partial charge in [0, 0.05) is 12.6 Å². The largest absolute Gasteiger partial charge is 0.444 e. The second kappa shape index (κ2) is 7.05. The average Bonchev–Trinajstić information content (AvgIpc) is 2.47. The summed E-state index contributed by atoms with van der Waals surface area (Å²) in [7, 11) is 0. The predicted molar refractivity (Wildman–Crippen MR) is 88.6 cm³/mol. The highest BCUT2D eigenvalue weighted by Gasteiger charge is 2.24. The van der Waals surface area contributed by atoms with Crippen LogP contribution >= 0.6 is 0 Å². The van der Waals surface area contributed by atoms with Crippen LogP contribution in [-0.2, 0) is 9.47 Å². The third kappa shape index (κ3) is 4.36. The van der Waals surface area contributed by atoms with Crippen LogP contribution < -0.4 is 10.2 Å². The first-order valence-corrected chi connectivity index (χ1v) is 7.79. The molecule has 0 unspecified atom stereocenters. The SMILES string of the molecule is C[C@H]1COCCN1c1cc(NC(=O)OC(C)(C)C)c(F)cc1C#N. The summed E-state index contributed by atoms with van der Waals surface area (Å²) in [6.45, 7) is 8.78. The van der Waals surface area contributed by atoms with Crippen molar-refractivity contribution in [3.63, 3.8) is 0 Å². The van der Waals surface area contributed by atoms with Crippen LogP contribution in [0.1, 0.15) is 33.3 Å². The van der Waals surface area contributed by atoms with Crippen molar-refractivity contribution in [2.75, 3.05) is 30.0 Å². The molecule has 1 aromatic rings. The number of ether oxygens (including phenoxy) is 2. The van der Waals surface area contributed by atoms with Crippen molar-refractivity contribution in [1.29, 1.82) is 5.26 Å². The molecule has 0 aliphatic carbocycles. The zero-order valence-corrected chi connectivity index (χ0v) is 14.4. The van der Waals surface area contributed by atoms with E-state index in [1.807, 2.05) is 17.9 Å². The van der Waals surface area contributed by atoms with Crippen molar-refractivity contribution in [3.05, 3.63) is 23.5 Å². The zero-order chi connectivity index (χ0) is 17.9. The van der Waals surface area contributed by atoms with E-state index < -0.39 is 17.5 Å². The van der Waals surface area contributed by atoms with E-state index in [1.54, 1.807) is 20.8 Å². The van der Waals surface area contributed by atoms with Crippen molar-refractivity contribution in [2.24, 2.45) is 0 Å². The summed E-state index contributed by atoms with van der Waals surface area (Å²) in [4.78, 5) is 13.9. The lowest BCUT2D eigenvalue weighted by molar-refractivity contribution is 0.0635. The monoisotopic (exact) mass is 335 g/mol. The molecule has 1 saturated heterocycles. The first-order valence-electron chi connectivity index (χ1n) is 7.79. The molecule has 0 bridgehead atoms. The van der Waals surface area contributed by atoms with Crippen LogP contribution in [0.2, 0.25) is 0 Å². The van der Waals surface area contributed by atoms with Gasteiger partial charge in [-0.25, -0.2) is 9.18 Å². The molecule has 24 heavy (non-hydrogen) atoms. The Labute approximate surface area is 141 Å². The maximum absolute atomic E-state index is 14.2. The topological polar surface area (TPSA) is 74.6 Å². The summed E-state index contributed by atoms with van der Waals surface area (Å²) < 4.78 is 24.7. The first-order chi connectivity index (χ1) is 11.2. The van der Waals surface area contributed by atoms with Crippen LogP contribution in [-0.4, -0.2) is 37.5 Å². The van der Waals surface area contributed by atoms with E-state index in [4.69, 9.17) is 9.47 Å². The fraction of sp³-hybridized carbons (Fsp3) is 0.529. The fourth-order valence-electron chi connectivity index (χ4n) is 2.48. The van der Waals surface area contributed by atoms with Crippen LogP contribution in [0.15, 0.2) is 12.1 Å². The summed E-state index contributed by atoms with van der Waals surface area (Å²) in [5, 5.41) is 11.7. The van der Waals surface area contributed by atoms with E-state index in [0.29, 0.717) is 25.4 Å². The Kier molecular flexibility index (Phi) is 5.30. The van der Waals surface area contributed by atoms with Crippen LogP contribution in [0, 0.1) is 17.1 Å². The maximum Gasteiger partial charge on any atom is 0.412 e. The number of amides is 1. The Morgan fingerprint density at radius 1 is 1.50 bits per heavy atom. The molecule has 0 radical (unpaired) electrons. The molecule has 1 amide bonds. The molecular formula is C17H22FN3O3. The van der Waals surface area contributed by atoms with Crippen LogP contribution in [0.5, 0.6) is 0 Å². The van der Waals surface area contributed by atoms with Gasteiger partial charge in [-0.3, -0.25) is 5.32 Å². The molecule has 1 aromatic carbocycles. The molecule has 7 heteroatoms. The molecular weight excluding hydrogens is 313 g/mol. The Bertz CT molecular complexity index is 664. The van der Waals surface area contributed by atoms with Crippen LogP contribution in [0.25, 0.3) is 0 Å². The summed E-state index contributed by atoms with van der Waals surface area (Å²) in [6.07, 6.45) is -0.743.